The first-order valence-electron chi connectivity index (χ1n) is 18.5. The molecule has 4 aromatic carbocycles. The standard InChI is InChI=1S/C42H41BrN4O7S/c1-26(25-53-30-10-12-31(13-11-30)54-39-33-14-9-29(48)23-37(33)55-40(39)27-5-7-28(43)8-6-27)46-19-17-45(18-20-46)21-22-52-36-4-2-3-32-34(36)24-47(42(32)51)35-15-16-38(49)44-41(35)50/h2-14,23,26,35,48H,15-22,24-25H2,1H3,(H,44,49,50)/t26-,35?/m1/s1. The third kappa shape index (κ3) is 8.06. The lowest BCUT2D eigenvalue weighted by atomic mass is 10.0. The van der Waals surface area contributed by atoms with Crippen LogP contribution in [0.3, 0.4) is 0 Å². The van der Waals surface area contributed by atoms with Crippen molar-refractivity contribution in [1.82, 2.24) is 20.0 Å². The van der Waals surface area contributed by atoms with Gasteiger partial charge in [-0.3, -0.25) is 29.5 Å². The van der Waals surface area contributed by atoms with E-state index in [9.17, 15) is 19.5 Å². The maximum absolute atomic E-state index is 13.2. The van der Waals surface area contributed by atoms with Crippen molar-refractivity contribution in [3.63, 3.8) is 0 Å². The molecule has 0 radical (unpaired) electrons. The molecule has 0 bridgehead atoms. The number of carbonyl (C=O) groups is 3. The molecule has 11 nitrogen and oxygen atoms in total. The van der Waals surface area contributed by atoms with E-state index in [1.54, 1.807) is 34.4 Å². The van der Waals surface area contributed by atoms with E-state index in [0.717, 1.165) is 74.8 Å². The van der Waals surface area contributed by atoms with Gasteiger partial charge in [0, 0.05) is 70.9 Å². The van der Waals surface area contributed by atoms with Crippen LogP contribution >= 0.6 is 27.3 Å². The molecule has 4 heterocycles. The summed E-state index contributed by atoms with van der Waals surface area (Å²) >= 11 is 5.11. The Balaban J connectivity index is 0.800. The van der Waals surface area contributed by atoms with E-state index in [2.05, 4.69) is 50.1 Å². The first-order valence-corrected chi connectivity index (χ1v) is 20.1. The summed E-state index contributed by atoms with van der Waals surface area (Å²) in [5.41, 5.74) is 2.39. The number of imide groups is 1. The van der Waals surface area contributed by atoms with Gasteiger partial charge in [-0.1, -0.05) is 34.1 Å². The Morgan fingerprint density at radius 3 is 2.45 bits per heavy atom. The van der Waals surface area contributed by atoms with Crippen molar-refractivity contribution in [3.8, 4) is 39.2 Å². The van der Waals surface area contributed by atoms with Gasteiger partial charge >= 0.3 is 0 Å². The van der Waals surface area contributed by atoms with Crippen LogP contribution in [-0.2, 0) is 16.1 Å². The highest BCUT2D eigenvalue weighted by Gasteiger charge is 2.40. The second kappa shape index (κ2) is 16.0. The average molecular weight is 826 g/mol. The second-order valence-electron chi connectivity index (χ2n) is 14.1. The van der Waals surface area contributed by atoms with E-state index < -0.39 is 11.9 Å². The Morgan fingerprint density at radius 1 is 0.927 bits per heavy atom. The maximum Gasteiger partial charge on any atom is 0.255 e. The Hall–Kier alpha value is -4.95. The van der Waals surface area contributed by atoms with Crippen LogP contribution in [0.1, 0.15) is 35.7 Å². The van der Waals surface area contributed by atoms with Crippen molar-refractivity contribution in [3.05, 3.63) is 101 Å². The molecule has 1 unspecified atom stereocenters. The fraction of sp³-hybridized carbons (Fsp3) is 0.310. The van der Waals surface area contributed by atoms with Gasteiger partial charge in [0.1, 0.15) is 42.3 Å². The van der Waals surface area contributed by atoms with Crippen LogP contribution in [-0.4, -0.2) is 95.5 Å². The van der Waals surface area contributed by atoms with Crippen molar-refractivity contribution in [2.75, 3.05) is 45.9 Å². The minimum Gasteiger partial charge on any atom is -0.508 e. The molecule has 0 saturated carbocycles. The number of hydrogen-bond acceptors (Lipinski definition) is 10. The summed E-state index contributed by atoms with van der Waals surface area (Å²) in [7, 11) is 0. The number of phenolic OH excluding ortho intramolecular Hbond substituents is 1. The number of aromatic hydroxyl groups is 1. The van der Waals surface area contributed by atoms with Crippen molar-refractivity contribution < 1.29 is 33.7 Å². The number of amides is 3. The SMILES string of the molecule is C[C@H](COc1ccc(Oc2c(-c3ccc(Br)cc3)sc3cc(O)ccc23)cc1)N1CCN(CCOc2cccc3c2CN(C2CCC(=O)NC2=O)C3=O)CC1. The average Bonchev–Trinajstić information content (AvgIpc) is 3.71. The van der Waals surface area contributed by atoms with Crippen molar-refractivity contribution in [1.29, 1.82) is 0 Å². The molecule has 55 heavy (non-hydrogen) atoms. The first kappa shape index (κ1) is 37.0. The van der Waals surface area contributed by atoms with Crippen LogP contribution in [0, 0.1) is 0 Å². The third-order valence-corrected chi connectivity index (χ3v) is 12.2. The number of rotatable bonds is 12. The van der Waals surface area contributed by atoms with Crippen LogP contribution in [0.5, 0.6) is 28.7 Å². The molecule has 3 amide bonds. The lowest BCUT2D eigenvalue weighted by molar-refractivity contribution is -0.136. The number of thiophene rings is 1. The number of benzene rings is 4. The molecular weight excluding hydrogens is 784 g/mol. The normalized spacial score (nSPS) is 18.3. The number of piperazine rings is 1. The van der Waals surface area contributed by atoms with Crippen molar-refractivity contribution in [2.24, 2.45) is 0 Å². The highest BCUT2D eigenvalue weighted by atomic mass is 79.9. The number of hydrogen-bond donors (Lipinski definition) is 2. The number of piperidine rings is 1. The van der Waals surface area contributed by atoms with Gasteiger partial charge in [0.2, 0.25) is 11.8 Å². The van der Waals surface area contributed by atoms with Gasteiger partial charge in [0.15, 0.2) is 5.75 Å². The minimum absolute atomic E-state index is 0.201. The van der Waals surface area contributed by atoms with Crippen molar-refractivity contribution >= 4 is 55.1 Å². The van der Waals surface area contributed by atoms with Gasteiger partial charge in [-0.25, -0.2) is 0 Å². The number of phenols is 1. The number of nitrogens with one attached hydrogen (secondary N) is 1. The molecule has 284 valence electrons. The lowest BCUT2D eigenvalue weighted by Crippen LogP contribution is -2.52. The van der Waals surface area contributed by atoms with Crippen molar-refractivity contribution in [2.45, 2.75) is 38.4 Å². The fourth-order valence-electron chi connectivity index (χ4n) is 7.40. The zero-order valence-electron chi connectivity index (χ0n) is 30.3. The molecule has 0 aliphatic carbocycles. The molecular formula is C42H41BrN4O7S. The highest BCUT2D eigenvalue weighted by Crippen LogP contribution is 2.47. The third-order valence-electron chi connectivity index (χ3n) is 10.5. The van der Waals surface area contributed by atoms with E-state index in [0.29, 0.717) is 43.2 Å². The molecule has 2 N–H and O–H groups in total. The van der Waals surface area contributed by atoms with Gasteiger partial charge < -0.3 is 24.2 Å². The largest absolute Gasteiger partial charge is 0.508 e. The summed E-state index contributed by atoms with van der Waals surface area (Å²) in [4.78, 5) is 44.6. The molecule has 13 heteroatoms. The predicted molar refractivity (Wildman–Crippen MR) is 214 cm³/mol. The van der Waals surface area contributed by atoms with Gasteiger partial charge in [-0.2, -0.15) is 0 Å². The summed E-state index contributed by atoms with van der Waals surface area (Å²) in [5.74, 6) is 2.20. The zero-order chi connectivity index (χ0) is 38.1. The molecule has 5 aromatic rings. The first-order chi connectivity index (χ1) is 26.7. The lowest BCUT2D eigenvalue weighted by Gasteiger charge is -2.37. The Bertz CT molecular complexity index is 2220. The summed E-state index contributed by atoms with van der Waals surface area (Å²) < 4.78 is 20.9. The van der Waals surface area contributed by atoms with Gasteiger partial charge in [-0.05, 0) is 85.6 Å². The van der Waals surface area contributed by atoms with E-state index in [-0.39, 0.29) is 30.0 Å². The smallest absolute Gasteiger partial charge is 0.255 e. The number of nitrogens with zero attached hydrogens (tertiary/aromatic N) is 3. The molecule has 3 aliphatic rings. The summed E-state index contributed by atoms with van der Waals surface area (Å²) in [6.45, 7) is 7.94. The van der Waals surface area contributed by atoms with E-state index in [1.807, 2.05) is 54.6 Å². The van der Waals surface area contributed by atoms with Crippen LogP contribution in [0.2, 0.25) is 0 Å². The minimum atomic E-state index is -0.650. The topological polar surface area (TPSA) is 121 Å². The van der Waals surface area contributed by atoms with E-state index in [1.165, 1.54) is 0 Å². The summed E-state index contributed by atoms with van der Waals surface area (Å²) in [6, 6.07) is 26.2. The van der Waals surface area contributed by atoms with Gasteiger partial charge in [-0.15, -0.1) is 11.3 Å². The fourth-order valence-corrected chi connectivity index (χ4v) is 8.84. The number of ether oxygens (including phenoxy) is 3. The zero-order valence-corrected chi connectivity index (χ0v) is 32.7. The van der Waals surface area contributed by atoms with Crippen LogP contribution in [0.15, 0.2) is 89.4 Å². The summed E-state index contributed by atoms with van der Waals surface area (Å²) in [5, 5.41) is 13.4. The Labute approximate surface area is 331 Å². The van der Waals surface area contributed by atoms with Crippen LogP contribution < -0.4 is 19.5 Å². The predicted octanol–water partition coefficient (Wildman–Crippen LogP) is 7.05. The quantitative estimate of drug-likeness (QED) is 0.128. The van der Waals surface area contributed by atoms with E-state index in [4.69, 9.17) is 14.2 Å². The van der Waals surface area contributed by atoms with Crippen LogP contribution in [0.4, 0.5) is 0 Å². The Kier molecular flexibility index (Phi) is 10.8. The Morgan fingerprint density at radius 2 is 1.69 bits per heavy atom. The number of halogens is 1. The molecule has 2 fully saturated rings. The highest BCUT2D eigenvalue weighted by molar-refractivity contribution is 9.10. The van der Waals surface area contributed by atoms with E-state index >= 15 is 0 Å². The maximum atomic E-state index is 13.2. The molecule has 2 atom stereocenters. The van der Waals surface area contributed by atoms with Gasteiger partial charge in [0.25, 0.3) is 5.91 Å². The molecule has 2 saturated heterocycles. The number of carbonyl (C=O) groups excluding carboxylic acids is 3. The molecule has 1 aromatic heterocycles. The number of fused-ring (bicyclic) bond motifs is 2. The second-order valence-corrected chi connectivity index (χ2v) is 16.1. The molecule has 8 rings (SSSR count). The molecule has 0 spiro atoms. The monoisotopic (exact) mass is 824 g/mol. The van der Waals surface area contributed by atoms with Crippen LogP contribution in [0.25, 0.3) is 20.5 Å². The molecule has 3 aliphatic heterocycles. The van der Waals surface area contributed by atoms with Gasteiger partial charge in [0.05, 0.1) is 11.4 Å². The summed E-state index contributed by atoms with van der Waals surface area (Å²) in [6.07, 6.45) is 0.555.